The highest BCUT2D eigenvalue weighted by Gasteiger charge is 2.14. The fraction of sp³-hybridized carbons (Fsp3) is 0.538. The molecule has 3 heteroatoms. The molecule has 1 atom stereocenters. The summed E-state index contributed by atoms with van der Waals surface area (Å²) in [4.78, 5) is 2.15. The molecule has 0 bridgehead atoms. The van der Waals surface area contributed by atoms with E-state index in [0.717, 1.165) is 25.2 Å². The minimum atomic E-state index is -0.120. The fourth-order valence-electron chi connectivity index (χ4n) is 1.68. The maximum atomic E-state index is 13.5. The Morgan fingerprint density at radius 2 is 2.06 bits per heavy atom. The lowest BCUT2D eigenvalue weighted by molar-refractivity contribution is 0.256. The van der Waals surface area contributed by atoms with E-state index in [2.05, 4.69) is 17.1 Å². The molecule has 0 spiro atoms. The average Bonchev–Trinajstić information content (AvgIpc) is 2.29. The van der Waals surface area contributed by atoms with E-state index in [9.17, 15) is 4.39 Å². The van der Waals surface area contributed by atoms with Crippen LogP contribution >= 0.6 is 0 Å². The van der Waals surface area contributed by atoms with Gasteiger partial charge in [0.25, 0.3) is 0 Å². The van der Waals surface area contributed by atoms with Crippen molar-refractivity contribution in [3.05, 3.63) is 35.6 Å². The maximum Gasteiger partial charge on any atom is 0.127 e. The lowest BCUT2D eigenvalue weighted by Gasteiger charge is -2.25. The van der Waals surface area contributed by atoms with Crippen LogP contribution in [-0.4, -0.2) is 31.6 Å². The topological polar surface area (TPSA) is 15.3 Å². The molecule has 0 aromatic heterocycles. The molecule has 0 aliphatic carbocycles. The van der Waals surface area contributed by atoms with Crippen molar-refractivity contribution in [2.75, 3.05) is 26.7 Å². The van der Waals surface area contributed by atoms with Gasteiger partial charge in [-0.2, -0.15) is 0 Å². The van der Waals surface area contributed by atoms with Gasteiger partial charge in [0.2, 0.25) is 0 Å². The third-order valence-electron chi connectivity index (χ3n) is 2.91. The fourth-order valence-corrected chi connectivity index (χ4v) is 1.68. The van der Waals surface area contributed by atoms with Gasteiger partial charge < -0.3 is 5.32 Å². The van der Waals surface area contributed by atoms with Crippen LogP contribution in [0.25, 0.3) is 0 Å². The normalized spacial score (nSPS) is 13.1. The summed E-state index contributed by atoms with van der Waals surface area (Å²) in [6.07, 6.45) is 0. The predicted octanol–water partition coefficient (Wildman–Crippen LogP) is 2.43. The largest absolute Gasteiger partial charge is 0.316 e. The molecule has 1 rings (SSSR count). The zero-order chi connectivity index (χ0) is 12.0. The van der Waals surface area contributed by atoms with E-state index in [1.165, 1.54) is 6.07 Å². The summed E-state index contributed by atoms with van der Waals surface area (Å²) in [5.74, 6) is -0.120. The summed E-state index contributed by atoms with van der Waals surface area (Å²) in [6.45, 7) is 6.95. The lowest BCUT2D eigenvalue weighted by atomic mass is 10.1. The first kappa shape index (κ1) is 13.1. The highest BCUT2D eigenvalue weighted by atomic mass is 19.1. The van der Waals surface area contributed by atoms with Gasteiger partial charge in [-0.3, -0.25) is 4.90 Å². The van der Waals surface area contributed by atoms with Crippen molar-refractivity contribution in [2.24, 2.45) is 0 Å². The molecule has 1 aromatic carbocycles. The van der Waals surface area contributed by atoms with Gasteiger partial charge in [-0.25, -0.2) is 4.39 Å². The van der Waals surface area contributed by atoms with E-state index < -0.39 is 0 Å². The SMILES string of the molecule is CCNCCN(C)C(C)c1ccccc1F. The first-order chi connectivity index (χ1) is 7.66. The lowest BCUT2D eigenvalue weighted by Crippen LogP contribution is -2.31. The van der Waals surface area contributed by atoms with Crippen LogP contribution in [0.15, 0.2) is 24.3 Å². The number of nitrogens with one attached hydrogen (secondary N) is 1. The van der Waals surface area contributed by atoms with Gasteiger partial charge in [0.1, 0.15) is 5.82 Å². The third-order valence-corrected chi connectivity index (χ3v) is 2.91. The molecular weight excluding hydrogens is 203 g/mol. The molecule has 0 saturated carbocycles. The van der Waals surface area contributed by atoms with Gasteiger partial charge in [-0.1, -0.05) is 25.1 Å². The van der Waals surface area contributed by atoms with Crippen molar-refractivity contribution in [1.82, 2.24) is 10.2 Å². The van der Waals surface area contributed by atoms with Crippen LogP contribution in [0.2, 0.25) is 0 Å². The molecule has 0 fully saturated rings. The first-order valence-corrected chi connectivity index (χ1v) is 5.82. The molecule has 0 aliphatic heterocycles. The van der Waals surface area contributed by atoms with E-state index >= 15 is 0 Å². The summed E-state index contributed by atoms with van der Waals surface area (Å²) in [7, 11) is 2.02. The Morgan fingerprint density at radius 3 is 2.69 bits per heavy atom. The van der Waals surface area contributed by atoms with Crippen molar-refractivity contribution in [2.45, 2.75) is 19.9 Å². The molecule has 0 aliphatic rings. The van der Waals surface area contributed by atoms with Gasteiger partial charge in [-0.05, 0) is 26.6 Å². The number of rotatable bonds is 6. The Bertz CT molecular complexity index is 315. The maximum absolute atomic E-state index is 13.5. The van der Waals surface area contributed by atoms with E-state index in [0.29, 0.717) is 0 Å². The first-order valence-electron chi connectivity index (χ1n) is 5.82. The quantitative estimate of drug-likeness (QED) is 0.747. The molecule has 1 unspecified atom stereocenters. The summed E-state index contributed by atoms with van der Waals surface area (Å²) < 4.78 is 13.5. The van der Waals surface area contributed by atoms with Gasteiger partial charge in [-0.15, -0.1) is 0 Å². The number of benzene rings is 1. The monoisotopic (exact) mass is 224 g/mol. The zero-order valence-electron chi connectivity index (χ0n) is 10.3. The molecule has 0 radical (unpaired) electrons. The van der Waals surface area contributed by atoms with E-state index in [4.69, 9.17) is 0 Å². The molecule has 16 heavy (non-hydrogen) atoms. The Kier molecular flexibility index (Phi) is 5.43. The van der Waals surface area contributed by atoms with Crippen LogP contribution in [0.5, 0.6) is 0 Å². The summed E-state index contributed by atoms with van der Waals surface area (Å²) in [5, 5.41) is 3.26. The van der Waals surface area contributed by atoms with E-state index in [1.54, 1.807) is 6.07 Å². The third kappa shape index (κ3) is 3.58. The molecule has 0 amide bonds. The Balaban J connectivity index is 2.56. The molecular formula is C13H21FN2. The van der Waals surface area contributed by atoms with Gasteiger partial charge in [0.05, 0.1) is 0 Å². The van der Waals surface area contributed by atoms with Gasteiger partial charge >= 0.3 is 0 Å². The Labute approximate surface area is 97.5 Å². The van der Waals surface area contributed by atoms with Crippen molar-refractivity contribution >= 4 is 0 Å². The second-order valence-corrected chi connectivity index (χ2v) is 4.03. The van der Waals surface area contributed by atoms with Crippen molar-refractivity contribution in [1.29, 1.82) is 0 Å². The predicted molar refractivity (Wildman–Crippen MR) is 66.0 cm³/mol. The Hall–Kier alpha value is -0.930. The smallest absolute Gasteiger partial charge is 0.127 e. The van der Waals surface area contributed by atoms with E-state index in [1.807, 2.05) is 26.1 Å². The highest BCUT2D eigenvalue weighted by molar-refractivity contribution is 5.20. The second-order valence-electron chi connectivity index (χ2n) is 4.03. The minimum Gasteiger partial charge on any atom is -0.316 e. The molecule has 0 saturated heterocycles. The minimum absolute atomic E-state index is 0.111. The number of hydrogen-bond donors (Lipinski definition) is 1. The van der Waals surface area contributed by atoms with Crippen LogP contribution in [-0.2, 0) is 0 Å². The molecule has 2 nitrogen and oxygen atoms in total. The Morgan fingerprint density at radius 1 is 1.38 bits per heavy atom. The van der Waals surface area contributed by atoms with Gasteiger partial charge in [0.15, 0.2) is 0 Å². The van der Waals surface area contributed by atoms with Crippen LogP contribution in [0.1, 0.15) is 25.5 Å². The molecule has 90 valence electrons. The summed E-state index contributed by atoms with van der Waals surface area (Å²) in [6, 6.07) is 7.09. The van der Waals surface area contributed by atoms with Crippen molar-refractivity contribution < 1.29 is 4.39 Å². The number of halogens is 1. The van der Waals surface area contributed by atoms with Gasteiger partial charge in [0, 0.05) is 24.7 Å². The molecule has 0 heterocycles. The highest BCUT2D eigenvalue weighted by Crippen LogP contribution is 2.20. The standard InChI is InChI=1S/C13H21FN2/c1-4-15-9-10-16(3)11(2)12-7-5-6-8-13(12)14/h5-8,11,15H,4,9-10H2,1-3H3. The summed E-state index contributed by atoms with van der Waals surface area (Å²) in [5.41, 5.74) is 0.765. The van der Waals surface area contributed by atoms with Crippen LogP contribution < -0.4 is 5.32 Å². The van der Waals surface area contributed by atoms with Crippen molar-refractivity contribution in [3.8, 4) is 0 Å². The zero-order valence-corrected chi connectivity index (χ0v) is 10.3. The summed E-state index contributed by atoms with van der Waals surface area (Å²) >= 11 is 0. The average molecular weight is 224 g/mol. The number of nitrogens with zero attached hydrogens (tertiary/aromatic N) is 1. The molecule has 1 aromatic rings. The van der Waals surface area contributed by atoms with Crippen molar-refractivity contribution in [3.63, 3.8) is 0 Å². The van der Waals surface area contributed by atoms with Crippen LogP contribution in [0, 0.1) is 5.82 Å². The number of likely N-dealkylation sites (N-methyl/N-ethyl adjacent to an activating group) is 2. The molecule has 1 N–H and O–H groups in total. The van der Waals surface area contributed by atoms with Crippen LogP contribution in [0.4, 0.5) is 4.39 Å². The van der Waals surface area contributed by atoms with E-state index in [-0.39, 0.29) is 11.9 Å². The second kappa shape index (κ2) is 6.61. The number of hydrogen-bond acceptors (Lipinski definition) is 2. The van der Waals surface area contributed by atoms with Crippen LogP contribution in [0.3, 0.4) is 0 Å².